The minimum atomic E-state index is 0.975. The van der Waals surface area contributed by atoms with Crippen molar-refractivity contribution >= 4 is 6.08 Å². The van der Waals surface area contributed by atoms with E-state index in [1.165, 1.54) is 22.3 Å². The first kappa shape index (κ1) is 10.7. The van der Waals surface area contributed by atoms with Gasteiger partial charge in [0.05, 0.1) is 0 Å². The van der Waals surface area contributed by atoms with Crippen molar-refractivity contribution in [3.63, 3.8) is 0 Å². The van der Waals surface area contributed by atoms with E-state index >= 15 is 0 Å². The topological polar surface area (TPSA) is 0 Å². The summed E-state index contributed by atoms with van der Waals surface area (Å²) in [6.45, 7) is 5.98. The molecular formula is C16H16. The maximum absolute atomic E-state index is 3.87. The summed E-state index contributed by atoms with van der Waals surface area (Å²) in [6.07, 6.45) is 2.91. The molecule has 0 amide bonds. The van der Waals surface area contributed by atoms with Crippen molar-refractivity contribution < 1.29 is 0 Å². The van der Waals surface area contributed by atoms with E-state index in [0.29, 0.717) is 0 Å². The molecule has 0 aromatic heterocycles. The van der Waals surface area contributed by atoms with Crippen LogP contribution in [0.25, 0.3) is 6.08 Å². The fraction of sp³-hybridized carbons (Fsp3) is 0.125. The summed E-state index contributed by atoms with van der Waals surface area (Å²) in [7, 11) is 0. The van der Waals surface area contributed by atoms with Crippen molar-refractivity contribution in [2.45, 2.75) is 13.3 Å². The van der Waals surface area contributed by atoms with E-state index in [4.69, 9.17) is 0 Å². The molecule has 2 aromatic carbocycles. The summed E-state index contributed by atoms with van der Waals surface area (Å²) in [6, 6.07) is 17.1. The van der Waals surface area contributed by atoms with Crippen LogP contribution in [0, 0.1) is 6.92 Å². The first-order valence-electron chi connectivity index (χ1n) is 5.55. The molecule has 0 aliphatic carbocycles. The van der Waals surface area contributed by atoms with Gasteiger partial charge in [-0.05, 0) is 30.0 Å². The highest BCUT2D eigenvalue weighted by Crippen LogP contribution is 2.17. The molecule has 2 aromatic rings. The molecule has 0 heterocycles. The highest BCUT2D eigenvalue weighted by atomic mass is 14.1. The Balaban J connectivity index is 2.31. The molecule has 0 saturated carbocycles. The van der Waals surface area contributed by atoms with Gasteiger partial charge in [0.15, 0.2) is 0 Å². The van der Waals surface area contributed by atoms with Crippen LogP contribution in [0.1, 0.15) is 22.3 Å². The van der Waals surface area contributed by atoms with Gasteiger partial charge in [0.2, 0.25) is 0 Å². The third-order valence-electron chi connectivity index (χ3n) is 2.76. The van der Waals surface area contributed by atoms with Gasteiger partial charge in [-0.25, -0.2) is 0 Å². The normalized spacial score (nSPS) is 10.1. The molecule has 0 atom stereocenters. The predicted molar refractivity (Wildman–Crippen MR) is 70.5 cm³/mol. The van der Waals surface area contributed by atoms with Gasteiger partial charge < -0.3 is 0 Å². The molecule has 0 aliphatic heterocycles. The van der Waals surface area contributed by atoms with Crippen LogP contribution in [0.4, 0.5) is 0 Å². The van der Waals surface area contributed by atoms with E-state index < -0.39 is 0 Å². The summed E-state index contributed by atoms with van der Waals surface area (Å²) < 4.78 is 0. The van der Waals surface area contributed by atoms with Crippen molar-refractivity contribution in [1.82, 2.24) is 0 Å². The second-order valence-corrected chi connectivity index (χ2v) is 4.07. The molecule has 0 spiro atoms. The fourth-order valence-electron chi connectivity index (χ4n) is 1.88. The lowest BCUT2D eigenvalue weighted by atomic mass is 9.98. The third-order valence-corrected chi connectivity index (χ3v) is 2.76. The van der Waals surface area contributed by atoms with Crippen LogP contribution in [0.2, 0.25) is 0 Å². The van der Waals surface area contributed by atoms with Crippen LogP contribution in [0.3, 0.4) is 0 Å². The Morgan fingerprint density at radius 2 is 1.81 bits per heavy atom. The Morgan fingerprint density at radius 3 is 2.50 bits per heavy atom. The number of hydrogen-bond acceptors (Lipinski definition) is 0. The highest BCUT2D eigenvalue weighted by molar-refractivity contribution is 5.54. The summed E-state index contributed by atoms with van der Waals surface area (Å²) in [4.78, 5) is 0. The highest BCUT2D eigenvalue weighted by Gasteiger charge is 2.00. The average molecular weight is 208 g/mol. The number of rotatable bonds is 3. The second kappa shape index (κ2) is 4.80. The molecule has 0 fully saturated rings. The average Bonchev–Trinajstić information content (AvgIpc) is 2.33. The summed E-state index contributed by atoms with van der Waals surface area (Å²) in [5.41, 5.74) is 5.21. The number of hydrogen-bond donors (Lipinski definition) is 0. The molecule has 16 heavy (non-hydrogen) atoms. The molecule has 2 rings (SSSR count). The minimum absolute atomic E-state index is 0.975. The van der Waals surface area contributed by atoms with Gasteiger partial charge in [-0.15, -0.1) is 0 Å². The Labute approximate surface area is 97.3 Å². The largest absolute Gasteiger partial charge is 0.0985 e. The lowest BCUT2D eigenvalue weighted by Gasteiger charge is -2.07. The molecule has 0 radical (unpaired) electrons. The number of aryl methyl sites for hydroxylation is 1. The van der Waals surface area contributed by atoms with Crippen LogP contribution < -0.4 is 0 Å². The van der Waals surface area contributed by atoms with E-state index in [-0.39, 0.29) is 0 Å². The SMILES string of the molecule is C=Cc1cc(C)ccc1Cc1ccccc1. The van der Waals surface area contributed by atoms with Crippen molar-refractivity contribution in [2.75, 3.05) is 0 Å². The van der Waals surface area contributed by atoms with E-state index in [2.05, 4.69) is 56.0 Å². The van der Waals surface area contributed by atoms with Gasteiger partial charge in [-0.3, -0.25) is 0 Å². The molecule has 0 N–H and O–H groups in total. The zero-order chi connectivity index (χ0) is 11.4. The molecule has 0 unspecified atom stereocenters. The van der Waals surface area contributed by atoms with Crippen LogP contribution in [-0.2, 0) is 6.42 Å². The van der Waals surface area contributed by atoms with Gasteiger partial charge >= 0.3 is 0 Å². The van der Waals surface area contributed by atoms with Crippen molar-refractivity contribution in [2.24, 2.45) is 0 Å². The summed E-state index contributed by atoms with van der Waals surface area (Å²) >= 11 is 0. The third kappa shape index (κ3) is 2.40. The quantitative estimate of drug-likeness (QED) is 0.708. The smallest absolute Gasteiger partial charge is 0.00198 e. The van der Waals surface area contributed by atoms with E-state index in [9.17, 15) is 0 Å². The lowest BCUT2D eigenvalue weighted by molar-refractivity contribution is 1.18. The standard InChI is InChI=1S/C16H16/c1-3-15-11-13(2)9-10-16(15)12-14-7-5-4-6-8-14/h3-11H,1,12H2,2H3. The molecule has 0 aliphatic rings. The van der Waals surface area contributed by atoms with Gasteiger partial charge in [-0.2, -0.15) is 0 Å². The summed E-state index contributed by atoms with van der Waals surface area (Å²) in [5.74, 6) is 0. The van der Waals surface area contributed by atoms with Gasteiger partial charge in [0.25, 0.3) is 0 Å². The minimum Gasteiger partial charge on any atom is -0.0985 e. The van der Waals surface area contributed by atoms with Crippen molar-refractivity contribution in [1.29, 1.82) is 0 Å². The van der Waals surface area contributed by atoms with Crippen LogP contribution in [0.15, 0.2) is 55.1 Å². The summed E-state index contributed by atoms with van der Waals surface area (Å²) in [5, 5.41) is 0. The second-order valence-electron chi connectivity index (χ2n) is 4.07. The molecule has 80 valence electrons. The van der Waals surface area contributed by atoms with Crippen LogP contribution >= 0.6 is 0 Å². The maximum Gasteiger partial charge on any atom is -0.00198 e. The monoisotopic (exact) mass is 208 g/mol. The Kier molecular flexibility index (Phi) is 3.21. The number of benzene rings is 2. The molecule has 0 bridgehead atoms. The Hall–Kier alpha value is -1.82. The predicted octanol–water partition coefficient (Wildman–Crippen LogP) is 4.23. The Morgan fingerprint density at radius 1 is 1.06 bits per heavy atom. The van der Waals surface area contributed by atoms with E-state index in [1.54, 1.807) is 0 Å². The maximum atomic E-state index is 3.87. The molecule has 0 saturated heterocycles. The van der Waals surface area contributed by atoms with Gasteiger partial charge in [-0.1, -0.05) is 66.7 Å². The zero-order valence-corrected chi connectivity index (χ0v) is 9.61. The van der Waals surface area contributed by atoms with Crippen molar-refractivity contribution in [3.05, 3.63) is 77.4 Å². The van der Waals surface area contributed by atoms with Crippen LogP contribution in [-0.4, -0.2) is 0 Å². The zero-order valence-electron chi connectivity index (χ0n) is 9.61. The first-order valence-corrected chi connectivity index (χ1v) is 5.55. The lowest BCUT2D eigenvalue weighted by Crippen LogP contribution is -1.92. The molecular weight excluding hydrogens is 192 g/mol. The van der Waals surface area contributed by atoms with Crippen LogP contribution in [0.5, 0.6) is 0 Å². The fourth-order valence-corrected chi connectivity index (χ4v) is 1.88. The van der Waals surface area contributed by atoms with E-state index in [1.807, 2.05) is 12.1 Å². The Bertz CT molecular complexity index is 481. The molecule has 0 nitrogen and oxygen atoms in total. The van der Waals surface area contributed by atoms with E-state index in [0.717, 1.165) is 6.42 Å². The van der Waals surface area contributed by atoms with Gasteiger partial charge in [0, 0.05) is 0 Å². The van der Waals surface area contributed by atoms with Crippen molar-refractivity contribution in [3.8, 4) is 0 Å². The van der Waals surface area contributed by atoms with Gasteiger partial charge in [0.1, 0.15) is 0 Å². The molecule has 0 heteroatoms. The first-order chi connectivity index (χ1) is 7.79.